The van der Waals surface area contributed by atoms with Gasteiger partial charge in [0.05, 0.1) is 6.04 Å². The van der Waals surface area contributed by atoms with E-state index >= 15 is 0 Å². The maximum Gasteiger partial charge on any atom is 0.237 e. The summed E-state index contributed by atoms with van der Waals surface area (Å²) in [7, 11) is 0. The molecule has 0 radical (unpaired) electrons. The zero-order valence-corrected chi connectivity index (χ0v) is 15.6. The molecule has 0 aromatic heterocycles. The molecule has 0 bridgehead atoms. The zero-order valence-electron chi connectivity index (χ0n) is 15.6. The van der Waals surface area contributed by atoms with Gasteiger partial charge in [0.25, 0.3) is 0 Å². The minimum Gasteiger partial charge on any atom is -0.352 e. The first-order valence-corrected chi connectivity index (χ1v) is 10.0. The Bertz CT molecular complexity index is 678. The fourth-order valence-electron chi connectivity index (χ4n) is 4.19. The lowest BCUT2D eigenvalue weighted by molar-refractivity contribution is -0.138. The highest BCUT2D eigenvalue weighted by Gasteiger charge is 2.34. The van der Waals surface area contributed by atoms with Crippen LogP contribution in [-0.4, -0.2) is 53.3 Å². The van der Waals surface area contributed by atoms with E-state index in [0.29, 0.717) is 11.9 Å². The minimum absolute atomic E-state index is 0.0893. The fraction of sp³-hybridized carbons (Fsp3) is 0.619. The molecule has 4 rings (SSSR count). The van der Waals surface area contributed by atoms with E-state index < -0.39 is 0 Å². The maximum absolute atomic E-state index is 13.0. The lowest BCUT2D eigenvalue weighted by Gasteiger charge is -2.37. The van der Waals surface area contributed by atoms with Gasteiger partial charge in [0.15, 0.2) is 0 Å². The molecule has 1 saturated carbocycles. The number of hydrogen-bond acceptors (Lipinski definition) is 3. The summed E-state index contributed by atoms with van der Waals surface area (Å²) in [5.41, 5.74) is 2.66. The lowest BCUT2D eigenvalue weighted by Crippen LogP contribution is -2.50. The molecule has 1 N–H and O–H groups in total. The molecule has 1 aromatic carbocycles. The molecule has 5 heteroatoms. The molecule has 2 amide bonds. The van der Waals surface area contributed by atoms with Gasteiger partial charge in [0, 0.05) is 25.0 Å². The summed E-state index contributed by atoms with van der Waals surface area (Å²) < 4.78 is 0. The summed E-state index contributed by atoms with van der Waals surface area (Å²) in [6.07, 6.45) is 4.91. The van der Waals surface area contributed by atoms with Gasteiger partial charge in [-0.15, -0.1) is 0 Å². The molecule has 140 valence electrons. The van der Waals surface area contributed by atoms with Crippen molar-refractivity contribution in [2.24, 2.45) is 5.92 Å². The third-order valence-electron chi connectivity index (χ3n) is 6.17. The molecule has 26 heavy (non-hydrogen) atoms. The molecule has 0 spiro atoms. The van der Waals surface area contributed by atoms with Crippen LogP contribution < -0.4 is 5.32 Å². The third kappa shape index (κ3) is 3.78. The van der Waals surface area contributed by atoms with Crippen molar-refractivity contribution < 1.29 is 9.59 Å². The summed E-state index contributed by atoms with van der Waals surface area (Å²) >= 11 is 0. The van der Waals surface area contributed by atoms with Crippen LogP contribution >= 0.6 is 0 Å². The molecular formula is C21H29N3O2. The Kier molecular flexibility index (Phi) is 4.98. The largest absolute Gasteiger partial charge is 0.352 e. The van der Waals surface area contributed by atoms with E-state index in [2.05, 4.69) is 34.5 Å². The fourth-order valence-corrected chi connectivity index (χ4v) is 4.19. The van der Waals surface area contributed by atoms with E-state index in [1.165, 1.54) is 11.1 Å². The molecule has 5 nitrogen and oxygen atoms in total. The number of nitrogens with one attached hydrogen (secondary N) is 1. The minimum atomic E-state index is -0.0893. The first-order valence-electron chi connectivity index (χ1n) is 10.0. The Hall–Kier alpha value is -1.88. The Morgan fingerprint density at radius 2 is 1.73 bits per heavy atom. The molecule has 1 aliphatic carbocycles. The molecule has 1 aromatic rings. The van der Waals surface area contributed by atoms with E-state index in [1.807, 2.05) is 11.8 Å². The number of piperidine rings is 1. The summed E-state index contributed by atoms with van der Waals surface area (Å²) in [4.78, 5) is 29.5. The van der Waals surface area contributed by atoms with Crippen molar-refractivity contribution in [1.29, 1.82) is 0 Å². The number of hydrogen-bond donors (Lipinski definition) is 1. The van der Waals surface area contributed by atoms with Crippen molar-refractivity contribution >= 4 is 11.8 Å². The van der Waals surface area contributed by atoms with E-state index in [4.69, 9.17) is 0 Å². The molecule has 2 fully saturated rings. The number of likely N-dealkylation sites (tertiary alicyclic amines) is 1. The van der Waals surface area contributed by atoms with Gasteiger partial charge in [-0.3, -0.25) is 14.5 Å². The maximum atomic E-state index is 13.0. The Morgan fingerprint density at radius 3 is 2.42 bits per heavy atom. The molecular weight excluding hydrogens is 326 g/mol. The smallest absolute Gasteiger partial charge is 0.237 e. The second kappa shape index (κ2) is 7.39. The van der Waals surface area contributed by atoms with Gasteiger partial charge in [0.2, 0.25) is 11.8 Å². The molecule has 1 saturated heterocycles. The molecule has 2 heterocycles. The monoisotopic (exact) mass is 355 g/mol. The van der Waals surface area contributed by atoms with Crippen LogP contribution in [0.5, 0.6) is 0 Å². The van der Waals surface area contributed by atoms with Gasteiger partial charge >= 0.3 is 0 Å². The summed E-state index contributed by atoms with van der Waals surface area (Å²) in [6, 6.07) is 8.76. The quantitative estimate of drug-likeness (QED) is 0.898. The molecule has 0 unspecified atom stereocenters. The van der Waals surface area contributed by atoms with Crippen LogP contribution in [0.15, 0.2) is 24.3 Å². The average molecular weight is 355 g/mol. The van der Waals surface area contributed by atoms with Crippen LogP contribution in [0.25, 0.3) is 0 Å². The number of benzene rings is 1. The van der Waals surface area contributed by atoms with Gasteiger partial charge in [0.1, 0.15) is 0 Å². The highest BCUT2D eigenvalue weighted by molar-refractivity contribution is 5.82. The van der Waals surface area contributed by atoms with Crippen LogP contribution in [0.2, 0.25) is 0 Å². The SMILES string of the molecule is C[C@H](C(=O)NC1CC1)N1CCC(C(=O)N2CCc3ccccc3C2)CC1. The van der Waals surface area contributed by atoms with Crippen molar-refractivity contribution in [2.75, 3.05) is 19.6 Å². The van der Waals surface area contributed by atoms with Crippen LogP contribution in [0.1, 0.15) is 43.7 Å². The van der Waals surface area contributed by atoms with E-state index in [1.54, 1.807) is 0 Å². The number of carbonyl (C=O) groups excluding carboxylic acids is 2. The van der Waals surface area contributed by atoms with Gasteiger partial charge in [-0.25, -0.2) is 0 Å². The number of rotatable bonds is 4. The van der Waals surface area contributed by atoms with Crippen LogP contribution in [0.3, 0.4) is 0 Å². The highest BCUT2D eigenvalue weighted by atomic mass is 16.2. The standard InChI is InChI=1S/C21H29N3O2/c1-15(20(25)22-19-6-7-19)23-11-9-17(10-12-23)21(26)24-13-8-16-4-2-3-5-18(16)14-24/h2-5,15,17,19H,6-14H2,1H3,(H,22,25)/t15-/m1/s1. The second-order valence-corrected chi connectivity index (χ2v) is 8.05. The van der Waals surface area contributed by atoms with Crippen LogP contribution in [0, 0.1) is 5.92 Å². The third-order valence-corrected chi connectivity index (χ3v) is 6.17. The lowest BCUT2D eigenvalue weighted by atomic mass is 9.92. The number of nitrogens with zero attached hydrogens (tertiary/aromatic N) is 2. The van der Waals surface area contributed by atoms with Crippen molar-refractivity contribution in [1.82, 2.24) is 15.1 Å². The predicted octanol–water partition coefficient (Wildman–Crippen LogP) is 1.95. The van der Waals surface area contributed by atoms with Crippen molar-refractivity contribution in [2.45, 2.75) is 57.7 Å². The van der Waals surface area contributed by atoms with Crippen LogP contribution in [0.4, 0.5) is 0 Å². The highest BCUT2D eigenvalue weighted by Crippen LogP contribution is 2.26. The van der Waals surface area contributed by atoms with Gasteiger partial charge in [-0.1, -0.05) is 24.3 Å². The van der Waals surface area contributed by atoms with Crippen molar-refractivity contribution in [3.05, 3.63) is 35.4 Å². The van der Waals surface area contributed by atoms with Gasteiger partial charge in [-0.2, -0.15) is 0 Å². The van der Waals surface area contributed by atoms with Gasteiger partial charge < -0.3 is 10.2 Å². The summed E-state index contributed by atoms with van der Waals surface area (Å²) in [5, 5.41) is 3.09. The zero-order chi connectivity index (χ0) is 18.1. The summed E-state index contributed by atoms with van der Waals surface area (Å²) in [6.45, 7) is 5.23. The normalized spacial score (nSPS) is 22.6. The number of fused-ring (bicyclic) bond motifs is 1. The summed E-state index contributed by atoms with van der Waals surface area (Å²) in [5.74, 6) is 0.550. The first kappa shape index (κ1) is 17.5. The second-order valence-electron chi connectivity index (χ2n) is 8.05. The van der Waals surface area contributed by atoms with E-state index in [9.17, 15) is 9.59 Å². The van der Waals surface area contributed by atoms with E-state index in [-0.39, 0.29) is 17.9 Å². The van der Waals surface area contributed by atoms with Gasteiger partial charge in [-0.05, 0) is 63.2 Å². The van der Waals surface area contributed by atoms with E-state index in [0.717, 1.165) is 58.3 Å². The molecule has 1 atom stereocenters. The Morgan fingerprint density at radius 1 is 1.04 bits per heavy atom. The topological polar surface area (TPSA) is 52.7 Å². The van der Waals surface area contributed by atoms with Crippen molar-refractivity contribution in [3.63, 3.8) is 0 Å². The number of amides is 2. The number of carbonyl (C=O) groups is 2. The first-order chi connectivity index (χ1) is 12.6. The average Bonchev–Trinajstić information content (AvgIpc) is 3.50. The Labute approximate surface area is 155 Å². The molecule has 3 aliphatic rings. The Balaban J connectivity index is 1.29. The predicted molar refractivity (Wildman–Crippen MR) is 100 cm³/mol. The molecule has 2 aliphatic heterocycles. The van der Waals surface area contributed by atoms with Crippen LogP contribution in [-0.2, 0) is 22.6 Å². The van der Waals surface area contributed by atoms with Crippen molar-refractivity contribution in [3.8, 4) is 0 Å².